The molecule has 1 fully saturated rings. The molecule has 1 aliphatic rings. The van der Waals surface area contributed by atoms with Crippen molar-refractivity contribution in [1.82, 2.24) is 9.21 Å². The monoisotopic (exact) mass is 340 g/mol. The zero-order chi connectivity index (χ0) is 16.9. The summed E-state index contributed by atoms with van der Waals surface area (Å²) in [4.78, 5) is 13.9. The van der Waals surface area contributed by atoms with Crippen molar-refractivity contribution in [2.75, 3.05) is 45.1 Å². The number of carbonyl (C=O) groups is 1. The third kappa shape index (κ3) is 4.74. The summed E-state index contributed by atoms with van der Waals surface area (Å²) >= 11 is 0. The third-order valence-corrected chi connectivity index (χ3v) is 5.70. The quantitative estimate of drug-likeness (QED) is 0.804. The standard InChI is InChI=1S/C15H24N4O3S/c1-18-8-3-9-19(11-10-18)23(21,22)14-5-2-4-13(12-14)17-15(20)6-7-16/h2,4-5,12H,3,6-11,16H2,1H3,(H,17,20). The molecule has 3 N–H and O–H groups in total. The first-order chi connectivity index (χ1) is 10.9. The van der Waals surface area contributed by atoms with Crippen LogP contribution >= 0.6 is 0 Å². The molecule has 1 aromatic carbocycles. The van der Waals surface area contributed by atoms with Gasteiger partial charge in [0.1, 0.15) is 0 Å². The topological polar surface area (TPSA) is 95.7 Å². The van der Waals surface area contributed by atoms with Crippen LogP contribution in [0.1, 0.15) is 12.8 Å². The van der Waals surface area contributed by atoms with Crippen molar-refractivity contribution in [3.05, 3.63) is 24.3 Å². The van der Waals surface area contributed by atoms with E-state index in [0.717, 1.165) is 13.0 Å². The molecule has 1 heterocycles. The summed E-state index contributed by atoms with van der Waals surface area (Å²) in [5.74, 6) is -0.224. The van der Waals surface area contributed by atoms with E-state index < -0.39 is 10.0 Å². The van der Waals surface area contributed by atoms with Crippen LogP contribution in [0, 0.1) is 0 Å². The van der Waals surface area contributed by atoms with Gasteiger partial charge >= 0.3 is 0 Å². The van der Waals surface area contributed by atoms with E-state index in [4.69, 9.17) is 5.73 Å². The molecule has 0 radical (unpaired) electrons. The molecule has 1 aliphatic heterocycles. The number of nitrogens with two attached hydrogens (primary N) is 1. The van der Waals surface area contributed by atoms with Crippen LogP contribution in [0.15, 0.2) is 29.2 Å². The molecular formula is C15H24N4O3S. The second-order valence-electron chi connectivity index (χ2n) is 5.68. The number of anilines is 1. The number of nitrogens with zero attached hydrogens (tertiary/aromatic N) is 2. The van der Waals surface area contributed by atoms with Gasteiger partial charge in [-0.05, 0) is 38.2 Å². The lowest BCUT2D eigenvalue weighted by Crippen LogP contribution is -2.34. The molecule has 128 valence electrons. The highest BCUT2D eigenvalue weighted by Gasteiger charge is 2.26. The zero-order valence-corrected chi connectivity index (χ0v) is 14.2. The maximum absolute atomic E-state index is 12.8. The van der Waals surface area contributed by atoms with Gasteiger partial charge in [-0.25, -0.2) is 8.42 Å². The molecule has 7 nitrogen and oxygen atoms in total. The summed E-state index contributed by atoms with van der Waals surface area (Å²) in [7, 11) is -1.56. The molecule has 0 atom stereocenters. The minimum Gasteiger partial charge on any atom is -0.330 e. The van der Waals surface area contributed by atoms with Gasteiger partial charge in [-0.3, -0.25) is 4.79 Å². The summed E-state index contributed by atoms with van der Waals surface area (Å²) < 4.78 is 27.1. The minimum atomic E-state index is -3.55. The predicted octanol–water partition coefficient (Wildman–Crippen LogP) is 0.300. The molecule has 1 aromatic rings. The lowest BCUT2D eigenvalue weighted by Gasteiger charge is -2.20. The Morgan fingerprint density at radius 1 is 1.26 bits per heavy atom. The number of nitrogens with one attached hydrogen (secondary N) is 1. The fourth-order valence-corrected chi connectivity index (χ4v) is 4.02. The molecule has 2 rings (SSSR count). The Bertz CT molecular complexity index is 648. The first kappa shape index (κ1) is 17.9. The Balaban J connectivity index is 2.17. The maximum atomic E-state index is 12.8. The molecule has 0 unspecified atom stereocenters. The van der Waals surface area contributed by atoms with Crippen molar-refractivity contribution in [3.63, 3.8) is 0 Å². The van der Waals surface area contributed by atoms with Crippen LogP contribution < -0.4 is 11.1 Å². The fraction of sp³-hybridized carbons (Fsp3) is 0.533. The summed E-state index contributed by atoms with van der Waals surface area (Å²) in [6.45, 7) is 2.84. The number of benzene rings is 1. The van der Waals surface area contributed by atoms with Crippen molar-refractivity contribution < 1.29 is 13.2 Å². The molecule has 0 aliphatic carbocycles. The highest BCUT2D eigenvalue weighted by atomic mass is 32.2. The summed E-state index contributed by atoms with van der Waals surface area (Å²) in [5.41, 5.74) is 5.81. The van der Waals surface area contributed by atoms with Crippen molar-refractivity contribution in [2.45, 2.75) is 17.7 Å². The molecule has 0 bridgehead atoms. The van der Waals surface area contributed by atoms with Gasteiger partial charge in [0, 0.05) is 38.3 Å². The van der Waals surface area contributed by atoms with Crippen LogP contribution in [-0.4, -0.2) is 63.3 Å². The van der Waals surface area contributed by atoms with Gasteiger partial charge in [-0.15, -0.1) is 0 Å². The van der Waals surface area contributed by atoms with Gasteiger partial charge in [-0.1, -0.05) is 6.07 Å². The number of rotatable bonds is 5. The molecule has 23 heavy (non-hydrogen) atoms. The van der Waals surface area contributed by atoms with E-state index in [2.05, 4.69) is 10.2 Å². The van der Waals surface area contributed by atoms with E-state index in [1.54, 1.807) is 18.2 Å². The van der Waals surface area contributed by atoms with E-state index in [-0.39, 0.29) is 23.8 Å². The largest absolute Gasteiger partial charge is 0.330 e. The van der Waals surface area contributed by atoms with Gasteiger partial charge < -0.3 is 16.0 Å². The molecular weight excluding hydrogens is 316 g/mol. The van der Waals surface area contributed by atoms with Crippen LogP contribution in [0.4, 0.5) is 5.69 Å². The first-order valence-corrected chi connectivity index (χ1v) is 9.16. The smallest absolute Gasteiger partial charge is 0.243 e. The number of hydrogen-bond donors (Lipinski definition) is 2. The number of sulfonamides is 1. The predicted molar refractivity (Wildman–Crippen MR) is 89.6 cm³/mol. The average Bonchev–Trinajstić information content (AvgIpc) is 2.73. The summed E-state index contributed by atoms with van der Waals surface area (Å²) in [6.07, 6.45) is 1.01. The number of likely N-dealkylation sites (N-methyl/N-ethyl adjacent to an activating group) is 1. The van der Waals surface area contributed by atoms with E-state index in [1.165, 1.54) is 10.4 Å². The number of carbonyl (C=O) groups excluding carboxylic acids is 1. The first-order valence-electron chi connectivity index (χ1n) is 7.72. The Labute approximate surface area is 137 Å². The zero-order valence-electron chi connectivity index (χ0n) is 13.4. The molecule has 0 saturated carbocycles. The van der Waals surface area contributed by atoms with Gasteiger partial charge in [0.25, 0.3) is 0 Å². The Kier molecular flexibility index (Phi) is 6.11. The Hall–Kier alpha value is -1.48. The normalized spacial score (nSPS) is 17.7. The summed E-state index contributed by atoms with van der Waals surface area (Å²) in [5, 5.41) is 2.67. The lowest BCUT2D eigenvalue weighted by molar-refractivity contribution is -0.116. The van der Waals surface area contributed by atoms with Crippen LogP contribution in [-0.2, 0) is 14.8 Å². The van der Waals surface area contributed by atoms with Crippen LogP contribution in [0.2, 0.25) is 0 Å². The third-order valence-electron chi connectivity index (χ3n) is 3.81. The highest BCUT2D eigenvalue weighted by molar-refractivity contribution is 7.89. The second kappa shape index (κ2) is 7.87. The van der Waals surface area contributed by atoms with Gasteiger partial charge in [0.15, 0.2) is 0 Å². The number of hydrogen-bond acceptors (Lipinski definition) is 5. The highest BCUT2D eigenvalue weighted by Crippen LogP contribution is 2.21. The van der Waals surface area contributed by atoms with Crippen LogP contribution in [0.25, 0.3) is 0 Å². The minimum absolute atomic E-state index is 0.201. The van der Waals surface area contributed by atoms with Crippen molar-refractivity contribution >= 4 is 21.6 Å². The second-order valence-corrected chi connectivity index (χ2v) is 7.61. The maximum Gasteiger partial charge on any atom is 0.243 e. The molecule has 0 aromatic heterocycles. The SMILES string of the molecule is CN1CCCN(S(=O)(=O)c2cccc(NC(=O)CCN)c2)CC1. The van der Waals surface area contributed by atoms with E-state index in [0.29, 0.717) is 25.3 Å². The average molecular weight is 340 g/mol. The van der Waals surface area contributed by atoms with Gasteiger partial charge in [0.05, 0.1) is 4.90 Å². The Morgan fingerprint density at radius 3 is 2.78 bits per heavy atom. The van der Waals surface area contributed by atoms with E-state index in [1.807, 2.05) is 7.05 Å². The van der Waals surface area contributed by atoms with Crippen LogP contribution in [0.5, 0.6) is 0 Å². The van der Waals surface area contributed by atoms with Gasteiger partial charge in [0.2, 0.25) is 15.9 Å². The molecule has 1 amide bonds. The van der Waals surface area contributed by atoms with Gasteiger partial charge in [-0.2, -0.15) is 4.31 Å². The fourth-order valence-electron chi connectivity index (χ4n) is 2.50. The van der Waals surface area contributed by atoms with Crippen molar-refractivity contribution in [2.24, 2.45) is 5.73 Å². The summed E-state index contributed by atoms with van der Waals surface area (Å²) in [6, 6.07) is 6.36. The molecule has 0 spiro atoms. The Morgan fingerprint density at radius 2 is 2.04 bits per heavy atom. The number of amides is 1. The van der Waals surface area contributed by atoms with E-state index in [9.17, 15) is 13.2 Å². The molecule has 8 heteroatoms. The van der Waals surface area contributed by atoms with Crippen molar-refractivity contribution in [3.8, 4) is 0 Å². The van der Waals surface area contributed by atoms with Crippen LogP contribution in [0.3, 0.4) is 0 Å². The lowest BCUT2D eigenvalue weighted by atomic mass is 10.3. The molecule has 1 saturated heterocycles. The van der Waals surface area contributed by atoms with Crippen molar-refractivity contribution in [1.29, 1.82) is 0 Å². The van der Waals surface area contributed by atoms with E-state index >= 15 is 0 Å².